The molecule has 4 heteroatoms. The fraction of sp³-hybridized carbons (Fsp3) is 1.00. The van der Waals surface area contributed by atoms with E-state index in [0.717, 1.165) is 39.0 Å². The minimum absolute atomic E-state index is 0.418. The Balaban J connectivity index is 1.67. The molecular formula is C19H35NO3. The first-order chi connectivity index (χ1) is 11.3. The molecule has 2 saturated carbocycles. The average Bonchev–Trinajstić information content (AvgIpc) is 2.61. The van der Waals surface area contributed by atoms with Crippen molar-refractivity contribution >= 4 is 0 Å². The van der Waals surface area contributed by atoms with Gasteiger partial charge in [0.2, 0.25) is 0 Å². The Hall–Kier alpha value is -0.160. The lowest BCUT2D eigenvalue weighted by molar-refractivity contribution is -0.125. The summed E-state index contributed by atoms with van der Waals surface area (Å²) >= 11 is 0. The van der Waals surface area contributed by atoms with Crippen molar-refractivity contribution in [3.8, 4) is 0 Å². The summed E-state index contributed by atoms with van der Waals surface area (Å²) in [6, 6.07) is 0.559. The van der Waals surface area contributed by atoms with Crippen LogP contribution in [0.4, 0.5) is 0 Å². The van der Waals surface area contributed by atoms with Gasteiger partial charge in [0.05, 0.1) is 18.8 Å². The molecule has 4 nitrogen and oxygen atoms in total. The molecule has 3 fully saturated rings. The van der Waals surface area contributed by atoms with Crippen LogP contribution in [0.3, 0.4) is 0 Å². The summed E-state index contributed by atoms with van der Waals surface area (Å²) in [6.07, 6.45) is 12.5. The molecule has 0 unspecified atom stereocenters. The van der Waals surface area contributed by atoms with Crippen molar-refractivity contribution in [2.75, 3.05) is 40.5 Å². The van der Waals surface area contributed by atoms with Gasteiger partial charge in [0.15, 0.2) is 0 Å². The van der Waals surface area contributed by atoms with E-state index in [1.165, 1.54) is 45.1 Å². The molecule has 1 saturated heterocycles. The number of fused-ring (bicyclic) bond motifs is 1. The lowest BCUT2D eigenvalue weighted by atomic mass is 9.71. The van der Waals surface area contributed by atoms with E-state index < -0.39 is 0 Å². The van der Waals surface area contributed by atoms with Crippen LogP contribution in [0.25, 0.3) is 0 Å². The van der Waals surface area contributed by atoms with Gasteiger partial charge in [-0.15, -0.1) is 0 Å². The van der Waals surface area contributed by atoms with Crippen molar-refractivity contribution in [1.82, 2.24) is 4.90 Å². The molecule has 0 bridgehead atoms. The number of morpholine rings is 1. The Bertz CT molecular complexity index is 357. The van der Waals surface area contributed by atoms with Crippen LogP contribution in [-0.4, -0.2) is 63.7 Å². The van der Waals surface area contributed by atoms with Crippen LogP contribution >= 0.6 is 0 Å². The zero-order valence-electron chi connectivity index (χ0n) is 15.1. The van der Waals surface area contributed by atoms with Crippen LogP contribution in [-0.2, 0) is 14.2 Å². The Morgan fingerprint density at radius 2 is 1.96 bits per heavy atom. The van der Waals surface area contributed by atoms with Crippen molar-refractivity contribution in [3.63, 3.8) is 0 Å². The molecule has 134 valence electrons. The van der Waals surface area contributed by atoms with Crippen LogP contribution in [0, 0.1) is 5.41 Å². The first-order valence-electron chi connectivity index (χ1n) is 9.64. The lowest BCUT2D eigenvalue weighted by Crippen LogP contribution is -2.57. The number of methoxy groups -OCH3 is 2. The number of ether oxygens (including phenoxy) is 3. The lowest BCUT2D eigenvalue weighted by Gasteiger charge is -2.50. The molecule has 0 aromatic carbocycles. The normalized spacial score (nSPS) is 35.0. The van der Waals surface area contributed by atoms with E-state index in [0.29, 0.717) is 23.7 Å². The molecule has 1 aliphatic heterocycles. The number of nitrogens with zero attached hydrogens (tertiary/aromatic N) is 1. The molecule has 0 radical (unpaired) electrons. The molecule has 0 amide bonds. The van der Waals surface area contributed by atoms with Gasteiger partial charge < -0.3 is 14.2 Å². The highest BCUT2D eigenvalue weighted by Gasteiger charge is 2.42. The predicted molar refractivity (Wildman–Crippen MR) is 91.8 cm³/mol. The highest BCUT2D eigenvalue weighted by Crippen LogP contribution is 2.42. The zero-order valence-corrected chi connectivity index (χ0v) is 15.1. The van der Waals surface area contributed by atoms with E-state index in [9.17, 15) is 0 Å². The van der Waals surface area contributed by atoms with Crippen molar-refractivity contribution in [2.24, 2.45) is 5.41 Å². The van der Waals surface area contributed by atoms with Gasteiger partial charge in [-0.05, 0) is 43.9 Å². The third-order valence-corrected chi connectivity index (χ3v) is 6.51. The van der Waals surface area contributed by atoms with E-state index in [4.69, 9.17) is 14.2 Å². The highest BCUT2D eigenvalue weighted by molar-refractivity contribution is 4.95. The molecule has 3 rings (SSSR count). The summed E-state index contributed by atoms with van der Waals surface area (Å²) in [5, 5.41) is 0. The molecule has 23 heavy (non-hydrogen) atoms. The number of rotatable bonds is 6. The van der Waals surface area contributed by atoms with Crippen LogP contribution in [0.1, 0.15) is 57.8 Å². The molecule has 3 atom stereocenters. The Morgan fingerprint density at radius 1 is 1.13 bits per heavy atom. The van der Waals surface area contributed by atoms with Gasteiger partial charge in [-0.2, -0.15) is 0 Å². The van der Waals surface area contributed by atoms with Crippen molar-refractivity contribution < 1.29 is 14.2 Å². The third-order valence-electron chi connectivity index (χ3n) is 6.51. The van der Waals surface area contributed by atoms with Gasteiger partial charge in [0, 0.05) is 40.0 Å². The Kier molecular flexibility index (Phi) is 6.36. The molecule has 1 heterocycles. The first-order valence-corrected chi connectivity index (χ1v) is 9.64. The van der Waals surface area contributed by atoms with Gasteiger partial charge in [-0.3, -0.25) is 4.90 Å². The van der Waals surface area contributed by atoms with Crippen molar-refractivity contribution in [2.45, 2.75) is 76.0 Å². The number of hydrogen-bond donors (Lipinski definition) is 0. The second-order valence-corrected chi connectivity index (χ2v) is 7.92. The topological polar surface area (TPSA) is 30.9 Å². The summed E-state index contributed by atoms with van der Waals surface area (Å²) in [7, 11) is 3.70. The standard InChI is InChI=1S/C19H35NO3/c1-21-12-10-19(8-4-3-5-9-19)15-20-11-13-23-18-7-6-16(22-2)14-17(18)20/h16-18H,3-15H2,1-2H3/t16-,17-,18+/m0/s1. The molecule has 0 aromatic heterocycles. The van der Waals surface area contributed by atoms with E-state index in [1.807, 2.05) is 14.2 Å². The maximum Gasteiger partial charge on any atom is 0.0732 e. The fourth-order valence-corrected chi connectivity index (χ4v) is 5.10. The summed E-state index contributed by atoms with van der Waals surface area (Å²) in [6.45, 7) is 4.13. The molecule has 0 N–H and O–H groups in total. The van der Waals surface area contributed by atoms with Crippen LogP contribution in [0.15, 0.2) is 0 Å². The van der Waals surface area contributed by atoms with Crippen molar-refractivity contribution in [1.29, 1.82) is 0 Å². The zero-order chi connectivity index (χ0) is 16.1. The smallest absolute Gasteiger partial charge is 0.0732 e. The third kappa shape index (κ3) is 4.28. The average molecular weight is 325 g/mol. The highest BCUT2D eigenvalue weighted by atomic mass is 16.5. The van der Waals surface area contributed by atoms with Crippen molar-refractivity contribution in [3.05, 3.63) is 0 Å². The van der Waals surface area contributed by atoms with Crippen LogP contribution < -0.4 is 0 Å². The maximum atomic E-state index is 6.09. The predicted octanol–water partition coefficient (Wildman–Crippen LogP) is 3.24. The Labute approximate surface area is 141 Å². The summed E-state index contributed by atoms with van der Waals surface area (Å²) in [5.41, 5.74) is 0.468. The van der Waals surface area contributed by atoms with E-state index >= 15 is 0 Å². The molecule has 0 spiro atoms. The van der Waals surface area contributed by atoms with Gasteiger partial charge in [0.1, 0.15) is 0 Å². The minimum atomic E-state index is 0.418. The van der Waals surface area contributed by atoms with Crippen LogP contribution in [0.2, 0.25) is 0 Å². The summed E-state index contributed by atoms with van der Waals surface area (Å²) in [5.74, 6) is 0. The van der Waals surface area contributed by atoms with E-state index in [1.54, 1.807) is 0 Å². The summed E-state index contributed by atoms with van der Waals surface area (Å²) < 4.78 is 17.2. The quantitative estimate of drug-likeness (QED) is 0.750. The maximum absolute atomic E-state index is 6.09. The second kappa shape index (κ2) is 8.28. The SMILES string of the molecule is COCCC1(CN2CCO[C@@H]3CC[C@H](OC)C[C@@H]32)CCCCC1. The minimum Gasteiger partial charge on any atom is -0.385 e. The molecule has 2 aliphatic carbocycles. The fourth-order valence-electron chi connectivity index (χ4n) is 5.10. The largest absolute Gasteiger partial charge is 0.385 e. The van der Waals surface area contributed by atoms with E-state index in [-0.39, 0.29) is 0 Å². The monoisotopic (exact) mass is 325 g/mol. The van der Waals surface area contributed by atoms with Crippen LogP contribution in [0.5, 0.6) is 0 Å². The van der Waals surface area contributed by atoms with Gasteiger partial charge in [-0.1, -0.05) is 19.3 Å². The molecular weight excluding hydrogens is 290 g/mol. The van der Waals surface area contributed by atoms with Gasteiger partial charge >= 0.3 is 0 Å². The molecule has 0 aromatic rings. The molecule has 3 aliphatic rings. The first kappa shape index (κ1) is 17.7. The van der Waals surface area contributed by atoms with Gasteiger partial charge in [-0.25, -0.2) is 0 Å². The Morgan fingerprint density at radius 3 is 2.70 bits per heavy atom. The summed E-state index contributed by atoms with van der Waals surface area (Å²) in [4.78, 5) is 2.75. The van der Waals surface area contributed by atoms with Gasteiger partial charge in [0.25, 0.3) is 0 Å². The van der Waals surface area contributed by atoms with E-state index in [2.05, 4.69) is 4.90 Å². The number of hydrogen-bond acceptors (Lipinski definition) is 4. The second-order valence-electron chi connectivity index (χ2n) is 7.92.